The van der Waals surface area contributed by atoms with Crippen LogP contribution in [0.15, 0.2) is 71.9 Å². The molecule has 0 spiro atoms. The minimum absolute atomic E-state index is 0.126. The van der Waals surface area contributed by atoms with Crippen molar-refractivity contribution < 1.29 is 9.53 Å². The summed E-state index contributed by atoms with van der Waals surface area (Å²) in [4.78, 5) is 29.7. The lowest BCUT2D eigenvalue weighted by Crippen LogP contribution is -2.24. The fraction of sp³-hybridized carbons (Fsp3) is 0.100. The third kappa shape index (κ3) is 2.99. The third-order valence-electron chi connectivity index (χ3n) is 4.28. The molecule has 7 heteroatoms. The Kier molecular flexibility index (Phi) is 4.25. The van der Waals surface area contributed by atoms with Crippen LogP contribution >= 0.6 is 0 Å². The van der Waals surface area contributed by atoms with Gasteiger partial charge in [0.15, 0.2) is 11.4 Å². The summed E-state index contributed by atoms with van der Waals surface area (Å²) in [6.45, 7) is -0.126. The molecule has 0 saturated carbocycles. The van der Waals surface area contributed by atoms with E-state index in [1.54, 1.807) is 28.9 Å². The molecule has 27 heavy (non-hydrogen) atoms. The molecule has 0 amide bonds. The molecule has 2 heterocycles. The van der Waals surface area contributed by atoms with Crippen LogP contribution in [-0.4, -0.2) is 32.2 Å². The van der Waals surface area contributed by atoms with Crippen LogP contribution in [0.1, 0.15) is 10.4 Å². The number of hydrogen-bond donors (Lipinski definition) is 0. The summed E-state index contributed by atoms with van der Waals surface area (Å²) in [6, 6.07) is 16.4. The zero-order valence-electron chi connectivity index (χ0n) is 14.6. The number of Topliss-reactive ketones (excluding diaryl/α,β-unsaturated/α-hetero) is 1. The molecule has 0 saturated heterocycles. The van der Waals surface area contributed by atoms with Crippen LogP contribution in [0.5, 0.6) is 5.75 Å². The van der Waals surface area contributed by atoms with Crippen molar-refractivity contribution in [2.24, 2.45) is 0 Å². The number of hydrogen-bond acceptors (Lipinski definition) is 5. The molecule has 134 valence electrons. The highest BCUT2D eigenvalue weighted by Crippen LogP contribution is 2.18. The summed E-state index contributed by atoms with van der Waals surface area (Å²) in [5, 5.41) is 4.62. The molecule has 0 aliphatic heterocycles. The maximum Gasteiger partial charge on any atom is 0.264 e. The van der Waals surface area contributed by atoms with Crippen molar-refractivity contribution in [1.29, 1.82) is 0 Å². The van der Waals surface area contributed by atoms with Gasteiger partial charge in [-0.15, -0.1) is 0 Å². The number of carbonyl (C=O) groups is 1. The van der Waals surface area contributed by atoms with Gasteiger partial charge in [0.25, 0.3) is 5.56 Å². The topological polar surface area (TPSA) is 79.0 Å². The normalized spacial score (nSPS) is 10.9. The molecule has 4 aromatic rings. The Balaban J connectivity index is 1.71. The largest absolute Gasteiger partial charge is 0.496 e. The number of para-hydroxylation sites is 2. The fourth-order valence-corrected chi connectivity index (χ4v) is 2.93. The van der Waals surface area contributed by atoms with E-state index >= 15 is 0 Å². The SMILES string of the molecule is COc1ccccc1C(=O)Cn1cnc2c(cnn2-c2ccccc2)c1=O. The molecule has 7 nitrogen and oxygen atoms in total. The average Bonchev–Trinajstić information content (AvgIpc) is 3.15. The number of rotatable bonds is 5. The number of nitrogens with zero attached hydrogens (tertiary/aromatic N) is 4. The molecular weight excluding hydrogens is 344 g/mol. The van der Waals surface area contributed by atoms with Gasteiger partial charge < -0.3 is 4.74 Å². The molecule has 2 aromatic heterocycles. The van der Waals surface area contributed by atoms with E-state index in [0.29, 0.717) is 22.3 Å². The molecule has 2 aromatic carbocycles. The quantitative estimate of drug-likeness (QED) is 0.511. The van der Waals surface area contributed by atoms with Gasteiger partial charge in [-0.1, -0.05) is 30.3 Å². The van der Waals surface area contributed by atoms with Crippen molar-refractivity contribution in [2.45, 2.75) is 6.54 Å². The highest BCUT2D eigenvalue weighted by atomic mass is 16.5. The van der Waals surface area contributed by atoms with Crippen LogP contribution in [0, 0.1) is 0 Å². The van der Waals surface area contributed by atoms with Crippen molar-refractivity contribution in [3.05, 3.63) is 83.0 Å². The van der Waals surface area contributed by atoms with Crippen molar-refractivity contribution in [2.75, 3.05) is 7.11 Å². The van der Waals surface area contributed by atoms with Crippen molar-refractivity contribution >= 4 is 16.8 Å². The fourth-order valence-electron chi connectivity index (χ4n) is 2.93. The number of ether oxygens (including phenoxy) is 1. The molecule has 0 bridgehead atoms. The van der Waals surface area contributed by atoms with Crippen LogP contribution in [0.4, 0.5) is 0 Å². The van der Waals surface area contributed by atoms with E-state index in [1.165, 1.54) is 24.2 Å². The summed E-state index contributed by atoms with van der Waals surface area (Å²) < 4.78 is 8.11. The van der Waals surface area contributed by atoms with Gasteiger partial charge in [-0.3, -0.25) is 14.2 Å². The summed E-state index contributed by atoms with van der Waals surface area (Å²) >= 11 is 0. The summed E-state index contributed by atoms with van der Waals surface area (Å²) in [7, 11) is 1.50. The second kappa shape index (κ2) is 6.87. The predicted octanol–water partition coefficient (Wildman–Crippen LogP) is 2.47. The minimum Gasteiger partial charge on any atom is -0.496 e. The Bertz CT molecular complexity index is 1180. The van der Waals surface area contributed by atoms with Gasteiger partial charge in [0.2, 0.25) is 0 Å². The summed E-state index contributed by atoms with van der Waals surface area (Å²) in [6.07, 6.45) is 2.85. The number of fused-ring (bicyclic) bond motifs is 1. The number of aromatic nitrogens is 4. The zero-order chi connectivity index (χ0) is 18.8. The van der Waals surface area contributed by atoms with Gasteiger partial charge >= 0.3 is 0 Å². The monoisotopic (exact) mass is 360 g/mol. The lowest BCUT2D eigenvalue weighted by atomic mass is 10.1. The minimum atomic E-state index is -0.314. The second-order valence-corrected chi connectivity index (χ2v) is 5.93. The van der Waals surface area contributed by atoms with E-state index in [0.717, 1.165) is 5.69 Å². The smallest absolute Gasteiger partial charge is 0.264 e. The summed E-state index contributed by atoms with van der Waals surface area (Å²) in [5.41, 5.74) is 1.37. The molecular formula is C20H16N4O3. The van der Waals surface area contributed by atoms with Crippen LogP contribution < -0.4 is 10.3 Å². The van der Waals surface area contributed by atoms with E-state index < -0.39 is 0 Å². The lowest BCUT2D eigenvalue weighted by Gasteiger charge is -2.09. The zero-order valence-corrected chi connectivity index (χ0v) is 14.6. The van der Waals surface area contributed by atoms with Crippen molar-refractivity contribution in [3.63, 3.8) is 0 Å². The molecule has 0 aliphatic carbocycles. The molecule has 0 unspecified atom stereocenters. The van der Waals surface area contributed by atoms with E-state index in [1.807, 2.05) is 30.3 Å². The van der Waals surface area contributed by atoms with Crippen molar-refractivity contribution in [1.82, 2.24) is 19.3 Å². The maximum absolute atomic E-state index is 12.8. The lowest BCUT2D eigenvalue weighted by molar-refractivity contribution is 0.0967. The molecule has 0 atom stereocenters. The molecule has 4 rings (SSSR count). The van der Waals surface area contributed by atoms with Gasteiger partial charge in [0.05, 0.1) is 31.1 Å². The Morgan fingerprint density at radius 3 is 2.59 bits per heavy atom. The Morgan fingerprint density at radius 2 is 1.81 bits per heavy atom. The van der Waals surface area contributed by atoms with Gasteiger partial charge in [0, 0.05) is 0 Å². The number of benzene rings is 2. The standard InChI is InChI=1S/C20H16N4O3/c1-27-18-10-6-5-9-15(18)17(25)12-23-13-21-19-16(20(23)26)11-22-24(19)14-7-3-2-4-8-14/h2-11,13H,12H2,1H3. The number of methoxy groups -OCH3 is 1. The van der Waals surface area contributed by atoms with Gasteiger partial charge in [0.1, 0.15) is 17.5 Å². The molecule has 0 radical (unpaired) electrons. The number of ketones is 1. The highest BCUT2D eigenvalue weighted by Gasteiger charge is 2.16. The van der Waals surface area contributed by atoms with Gasteiger partial charge in [-0.05, 0) is 24.3 Å². The Labute approximate surface area is 154 Å². The first-order valence-corrected chi connectivity index (χ1v) is 8.34. The Morgan fingerprint density at radius 1 is 1.07 bits per heavy atom. The Hall–Kier alpha value is -3.74. The maximum atomic E-state index is 12.8. The van der Waals surface area contributed by atoms with Gasteiger partial charge in [-0.2, -0.15) is 5.10 Å². The third-order valence-corrected chi connectivity index (χ3v) is 4.28. The van der Waals surface area contributed by atoms with E-state index in [-0.39, 0.29) is 17.9 Å². The van der Waals surface area contributed by atoms with E-state index in [9.17, 15) is 9.59 Å². The predicted molar refractivity (Wildman–Crippen MR) is 100 cm³/mol. The van der Waals surface area contributed by atoms with Crippen LogP contribution in [0.2, 0.25) is 0 Å². The number of carbonyl (C=O) groups excluding carboxylic acids is 1. The second-order valence-electron chi connectivity index (χ2n) is 5.93. The van der Waals surface area contributed by atoms with Crippen LogP contribution in [0.25, 0.3) is 16.7 Å². The van der Waals surface area contributed by atoms with Crippen LogP contribution in [-0.2, 0) is 6.54 Å². The highest BCUT2D eigenvalue weighted by molar-refractivity contribution is 5.98. The van der Waals surface area contributed by atoms with E-state index in [4.69, 9.17) is 4.74 Å². The average molecular weight is 360 g/mol. The molecule has 0 fully saturated rings. The van der Waals surface area contributed by atoms with Crippen LogP contribution in [0.3, 0.4) is 0 Å². The molecule has 0 aliphatic rings. The first-order valence-electron chi connectivity index (χ1n) is 8.34. The van der Waals surface area contributed by atoms with Crippen molar-refractivity contribution in [3.8, 4) is 11.4 Å². The van der Waals surface area contributed by atoms with Gasteiger partial charge in [-0.25, -0.2) is 9.67 Å². The molecule has 0 N–H and O–H groups in total. The first-order chi connectivity index (χ1) is 13.2. The summed E-state index contributed by atoms with van der Waals surface area (Å²) in [5.74, 6) is 0.243. The van der Waals surface area contributed by atoms with E-state index in [2.05, 4.69) is 10.1 Å². The first kappa shape index (κ1) is 16.7.